The highest BCUT2D eigenvalue weighted by Gasteiger charge is 2.40. The Kier molecular flexibility index (Phi) is 5.03. The zero-order valence-electron chi connectivity index (χ0n) is 14.9. The first-order valence-corrected chi connectivity index (χ1v) is 10.1. The molecule has 1 amide bonds. The number of likely N-dealkylation sites (tertiary alicyclic amines) is 1. The minimum atomic E-state index is -4.31. The average molecular weight is 501 g/mol. The highest BCUT2D eigenvalue weighted by molar-refractivity contribution is 14.1. The monoisotopic (exact) mass is 501 g/mol. The molecule has 2 heterocycles. The van der Waals surface area contributed by atoms with Gasteiger partial charge < -0.3 is 10.6 Å². The molecule has 1 saturated heterocycles. The highest BCUT2D eigenvalue weighted by atomic mass is 127. The molecule has 1 fully saturated rings. The summed E-state index contributed by atoms with van der Waals surface area (Å²) in [5, 5.41) is 6.61. The molecule has 4 nitrogen and oxygen atoms in total. The number of carbonyl (C=O) groups is 1. The third-order valence-corrected chi connectivity index (χ3v) is 6.02. The number of benzene rings is 2. The third kappa shape index (κ3) is 3.98. The lowest BCUT2D eigenvalue weighted by Crippen LogP contribution is -2.62. The van der Waals surface area contributed by atoms with Crippen molar-refractivity contribution in [3.05, 3.63) is 62.7 Å². The van der Waals surface area contributed by atoms with Crippen molar-refractivity contribution in [3.63, 3.8) is 0 Å². The number of halogens is 4. The number of hydrogen-bond donors (Lipinski definition) is 2. The normalized spacial score (nSPS) is 19.1. The quantitative estimate of drug-likeness (QED) is 0.598. The summed E-state index contributed by atoms with van der Waals surface area (Å²) in [6.07, 6.45) is -2.86. The molecule has 0 unspecified atom stereocenters. The number of hydrogen-bond acceptors (Lipinski definition) is 3. The summed E-state index contributed by atoms with van der Waals surface area (Å²) in [4.78, 5) is 14.7. The van der Waals surface area contributed by atoms with Crippen LogP contribution in [0.25, 0.3) is 0 Å². The van der Waals surface area contributed by atoms with Gasteiger partial charge in [-0.1, -0.05) is 12.1 Å². The van der Waals surface area contributed by atoms with Crippen molar-refractivity contribution < 1.29 is 18.0 Å². The molecule has 2 aromatic carbocycles. The van der Waals surface area contributed by atoms with E-state index in [4.69, 9.17) is 0 Å². The van der Waals surface area contributed by atoms with Gasteiger partial charge in [-0.2, -0.15) is 13.2 Å². The largest absolute Gasteiger partial charge is 0.416 e. The molecule has 2 N–H and O–H groups in total. The van der Waals surface area contributed by atoms with Crippen LogP contribution in [0.5, 0.6) is 0 Å². The van der Waals surface area contributed by atoms with Gasteiger partial charge in [-0.25, -0.2) is 0 Å². The molecule has 0 radical (unpaired) electrons. The van der Waals surface area contributed by atoms with E-state index in [9.17, 15) is 18.0 Å². The molecular weight excluding hydrogens is 482 g/mol. The van der Waals surface area contributed by atoms with Crippen LogP contribution in [0.3, 0.4) is 0 Å². The lowest BCUT2D eigenvalue weighted by atomic mass is 9.92. The minimum absolute atomic E-state index is 0.0662. The molecule has 2 aliphatic heterocycles. The number of fused-ring (bicyclic) bond motifs is 1. The maximum absolute atomic E-state index is 12.7. The van der Waals surface area contributed by atoms with E-state index in [2.05, 4.69) is 38.1 Å². The molecule has 148 valence electrons. The number of alkyl halides is 3. The molecule has 2 aliphatic rings. The Bertz CT molecular complexity index is 891. The van der Waals surface area contributed by atoms with Crippen molar-refractivity contribution in [1.82, 2.24) is 10.2 Å². The van der Waals surface area contributed by atoms with Gasteiger partial charge in [-0.15, -0.1) is 0 Å². The molecule has 8 heteroatoms. The van der Waals surface area contributed by atoms with Gasteiger partial charge in [-0.05, 0) is 58.5 Å². The molecule has 0 atom stereocenters. The van der Waals surface area contributed by atoms with Crippen molar-refractivity contribution >= 4 is 34.2 Å². The van der Waals surface area contributed by atoms with Gasteiger partial charge in [-0.3, -0.25) is 9.69 Å². The van der Waals surface area contributed by atoms with Gasteiger partial charge in [0.05, 0.1) is 11.1 Å². The molecule has 0 aliphatic carbocycles. The van der Waals surface area contributed by atoms with E-state index in [1.54, 1.807) is 0 Å². The highest BCUT2D eigenvalue weighted by Crippen LogP contribution is 2.33. The van der Waals surface area contributed by atoms with Crippen LogP contribution in [-0.4, -0.2) is 29.6 Å². The predicted octanol–water partition coefficient (Wildman–Crippen LogP) is 4.46. The predicted molar refractivity (Wildman–Crippen MR) is 109 cm³/mol. The fourth-order valence-electron chi connectivity index (χ4n) is 3.79. The summed E-state index contributed by atoms with van der Waals surface area (Å²) < 4.78 is 39.1. The van der Waals surface area contributed by atoms with Gasteiger partial charge >= 0.3 is 6.18 Å². The second kappa shape index (κ2) is 7.22. The van der Waals surface area contributed by atoms with Crippen molar-refractivity contribution in [2.24, 2.45) is 0 Å². The van der Waals surface area contributed by atoms with Crippen molar-refractivity contribution in [1.29, 1.82) is 0 Å². The Morgan fingerprint density at radius 2 is 1.71 bits per heavy atom. The lowest BCUT2D eigenvalue weighted by molar-refractivity contribution is -0.137. The zero-order valence-corrected chi connectivity index (χ0v) is 17.1. The van der Waals surface area contributed by atoms with Crippen LogP contribution in [0.1, 0.15) is 34.3 Å². The number of nitrogens with zero attached hydrogens (tertiary/aromatic N) is 1. The van der Waals surface area contributed by atoms with Crippen LogP contribution >= 0.6 is 22.6 Å². The van der Waals surface area contributed by atoms with Gasteiger partial charge in [0, 0.05) is 41.7 Å². The summed E-state index contributed by atoms with van der Waals surface area (Å²) in [7, 11) is 0. The van der Waals surface area contributed by atoms with Crippen LogP contribution in [-0.2, 0) is 12.7 Å². The van der Waals surface area contributed by atoms with E-state index in [1.807, 2.05) is 18.2 Å². The Balaban J connectivity index is 1.40. The van der Waals surface area contributed by atoms with E-state index in [0.29, 0.717) is 12.1 Å². The summed E-state index contributed by atoms with van der Waals surface area (Å²) in [5.41, 5.74) is 1.26. The first kappa shape index (κ1) is 19.5. The molecule has 28 heavy (non-hydrogen) atoms. The summed E-state index contributed by atoms with van der Waals surface area (Å²) in [5.74, 6) is -0.0662. The molecule has 0 bridgehead atoms. The number of amides is 1. The lowest BCUT2D eigenvalue weighted by Gasteiger charge is -2.46. The molecule has 0 aromatic heterocycles. The average Bonchev–Trinajstić information content (AvgIpc) is 2.64. The summed E-state index contributed by atoms with van der Waals surface area (Å²) in [6.45, 7) is 2.08. The van der Waals surface area contributed by atoms with Gasteiger partial charge in [0.1, 0.15) is 5.66 Å². The summed E-state index contributed by atoms with van der Waals surface area (Å²) >= 11 is 2.18. The van der Waals surface area contributed by atoms with Crippen LogP contribution in [0.15, 0.2) is 42.5 Å². The maximum Gasteiger partial charge on any atom is 0.416 e. The molecule has 2 aromatic rings. The standard InChI is InChI=1S/C20H19F3IN3O/c21-20(22,23)14-3-1-13(2-4-14)12-27-9-7-19(8-10-27)25-17-6-5-15(24)11-16(17)18(28)26-19/h1-6,11,25H,7-10,12H2,(H,26,28). The SMILES string of the molecule is O=C1NC2(CCN(Cc3ccc(C(F)(F)F)cc3)CC2)Nc2ccc(I)cc21. The fourth-order valence-corrected chi connectivity index (χ4v) is 4.28. The Morgan fingerprint density at radius 1 is 1.04 bits per heavy atom. The van der Waals surface area contributed by atoms with E-state index in [1.165, 1.54) is 12.1 Å². The number of nitrogens with one attached hydrogen (secondary N) is 2. The van der Waals surface area contributed by atoms with Crippen molar-refractivity contribution in [3.8, 4) is 0 Å². The molecular formula is C20H19F3IN3O. The van der Waals surface area contributed by atoms with Gasteiger partial charge in [0.15, 0.2) is 0 Å². The number of anilines is 1. The van der Waals surface area contributed by atoms with Crippen LogP contribution in [0, 0.1) is 3.57 Å². The first-order chi connectivity index (χ1) is 13.2. The van der Waals surface area contributed by atoms with Crippen molar-refractivity contribution in [2.75, 3.05) is 18.4 Å². The summed E-state index contributed by atoms with van der Waals surface area (Å²) in [6, 6.07) is 11.1. The Morgan fingerprint density at radius 3 is 2.36 bits per heavy atom. The van der Waals surface area contributed by atoms with E-state index >= 15 is 0 Å². The fraction of sp³-hybridized carbons (Fsp3) is 0.350. The van der Waals surface area contributed by atoms with Crippen LogP contribution in [0.4, 0.5) is 18.9 Å². The van der Waals surface area contributed by atoms with Crippen LogP contribution < -0.4 is 10.6 Å². The smallest absolute Gasteiger partial charge is 0.362 e. The van der Waals surface area contributed by atoms with E-state index in [-0.39, 0.29) is 5.91 Å². The van der Waals surface area contributed by atoms with Crippen molar-refractivity contribution in [2.45, 2.75) is 31.2 Å². The number of piperidine rings is 1. The Hall–Kier alpha value is -1.81. The van der Waals surface area contributed by atoms with Gasteiger partial charge in [0.25, 0.3) is 5.91 Å². The first-order valence-electron chi connectivity index (χ1n) is 9.03. The topological polar surface area (TPSA) is 44.4 Å². The maximum atomic E-state index is 12.7. The van der Waals surface area contributed by atoms with Crippen LogP contribution in [0.2, 0.25) is 0 Å². The Labute approximate surface area is 174 Å². The number of rotatable bonds is 2. The molecule has 1 spiro atoms. The minimum Gasteiger partial charge on any atom is -0.362 e. The third-order valence-electron chi connectivity index (χ3n) is 5.35. The number of carbonyl (C=O) groups excluding carboxylic acids is 1. The second-order valence-corrected chi connectivity index (χ2v) is 8.57. The second-order valence-electron chi connectivity index (χ2n) is 7.32. The van der Waals surface area contributed by atoms with E-state index in [0.717, 1.165) is 52.9 Å². The van der Waals surface area contributed by atoms with E-state index < -0.39 is 17.4 Å². The van der Waals surface area contributed by atoms with Gasteiger partial charge in [0.2, 0.25) is 0 Å². The molecule has 0 saturated carbocycles. The zero-order chi connectivity index (χ0) is 19.9. The molecule has 4 rings (SSSR count).